The lowest BCUT2D eigenvalue weighted by Crippen LogP contribution is -2.47. The molecular weight excluding hydrogens is 420 g/mol. The maximum absolute atomic E-state index is 13.4. The number of halogens is 2. The number of H-pyrrole nitrogens is 1. The van der Waals surface area contributed by atoms with Crippen molar-refractivity contribution in [2.24, 2.45) is 0 Å². The van der Waals surface area contributed by atoms with E-state index in [0.717, 1.165) is 5.56 Å². The summed E-state index contributed by atoms with van der Waals surface area (Å²) in [7, 11) is 1.54. The number of aryl methyl sites for hydroxylation is 1. The monoisotopic (exact) mass is 441 g/mol. The number of carbonyl (C=O) groups excluding carboxylic acids is 2. The number of benzene rings is 1. The van der Waals surface area contributed by atoms with E-state index in [2.05, 4.69) is 25.6 Å². The van der Waals surface area contributed by atoms with Gasteiger partial charge in [0.1, 0.15) is 17.7 Å². The molecule has 11 heteroatoms. The lowest BCUT2D eigenvalue weighted by molar-refractivity contribution is -0.120. The molecule has 2 N–H and O–H groups in total. The maximum Gasteiger partial charge on any atom is 0.289 e. The quantitative estimate of drug-likeness (QED) is 0.629. The predicted octanol–water partition coefficient (Wildman–Crippen LogP) is 1.88. The van der Waals surface area contributed by atoms with Crippen molar-refractivity contribution in [3.8, 4) is 0 Å². The summed E-state index contributed by atoms with van der Waals surface area (Å²) in [5.41, 5.74) is 1.31. The van der Waals surface area contributed by atoms with Gasteiger partial charge in [-0.3, -0.25) is 14.5 Å². The van der Waals surface area contributed by atoms with Crippen molar-refractivity contribution in [2.75, 3.05) is 11.9 Å². The maximum atomic E-state index is 13.4. The van der Waals surface area contributed by atoms with Gasteiger partial charge in [-0.05, 0) is 12.0 Å². The van der Waals surface area contributed by atoms with E-state index in [1.807, 2.05) is 30.3 Å². The Morgan fingerprint density at radius 1 is 1.28 bits per heavy atom. The molecule has 9 nitrogen and oxygen atoms in total. The van der Waals surface area contributed by atoms with E-state index < -0.39 is 23.8 Å². The molecule has 5 rings (SSSR count). The van der Waals surface area contributed by atoms with Crippen LogP contribution in [0.4, 0.5) is 14.6 Å². The predicted molar refractivity (Wildman–Crippen MR) is 109 cm³/mol. The SMILES string of the molecule is CN1C(=O)[C@H](NC(=O)c2nnc(Cc3ccccc3)[nH]2)CCn2nc(C3CC3(F)F)cc21. The highest BCUT2D eigenvalue weighted by Crippen LogP contribution is 2.55. The smallest absolute Gasteiger partial charge is 0.289 e. The van der Waals surface area contributed by atoms with Crippen molar-refractivity contribution in [1.82, 2.24) is 30.3 Å². The Kier molecular flexibility index (Phi) is 4.75. The normalized spacial score (nSPS) is 21.7. The van der Waals surface area contributed by atoms with Crippen LogP contribution in [0.15, 0.2) is 36.4 Å². The number of alkyl halides is 2. The Bertz CT molecular complexity index is 1170. The van der Waals surface area contributed by atoms with Gasteiger partial charge in [0, 0.05) is 32.5 Å². The molecule has 2 aliphatic rings. The zero-order valence-electron chi connectivity index (χ0n) is 17.3. The minimum atomic E-state index is -2.73. The summed E-state index contributed by atoms with van der Waals surface area (Å²) in [4.78, 5) is 29.8. The van der Waals surface area contributed by atoms with Crippen LogP contribution >= 0.6 is 0 Å². The Hall–Kier alpha value is -3.63. The molecule has 0 spiro atoms. The Balaban J connectivity index is 1.25. The van der Waals surface area contributed by atoms with Gasteiger partial charge in [0.25, 0.3) is 17.7 Å². The second-order valence-corrected chi connectivity index (χ2v) is 8.16. The number of aromatic nitrogens is 5. The third kappa shape index (κ3) is 3.74. The van der Waals surface area contributed by atoms with E-state index in [4.69, 9.17) is 0 Å². The average molecular weight is 441 g/mol. The number of fused-ring (bicyclic) bond motifs is 1. The van der Waals surface area contributed by atoms with E-state index in [0.29, 0.717) is 30.3 Å². The van der Waals surface area contributed by atoms with Crippen molar-refractivity contribution in [3.05, 3.63) is 59.3 Å². The van der Waals surface area contributed by atoms with Gasteiger partial charge in [0.2, 0.25) is 5.82 Å². The van der Waals surface area contributed by atoms with E-state index in [1.165, 1.54) is 11.0 Å². The minimum Gasteiger partial charge on any atom is -0.337 e. The largest absolute Gasteiger partial charge is 0.337 e. The summed E-state index contributed by atoms with van der Waals surface area (Å²) in [6.07, 6.45) is 0.550. The highest BCUT2D eigenvalue weighted by atomic mass is 19.3. The van der Waals surface area contributed by atoms with Crippen molar-refractivity contribution in [2.45, 2.75) is 43.7 Å². The number of anilines is 1. The van der Waals surface area contributed by atoms with Crippen molar-refractivity contribution < 1.29 is 18.4 Å². The lowest BCUT2D eigenvalue weighted by Gasteiger charge is -2.20. The fraction of sp³-hybridized carbons (Fsp3) is 0.381. The van der Waals surface area contributed by atoms with Crippen LogP contribution in [0, 0.1) is 0 Å². The molecule has 3 heterocycles. The summed E-state index contributed by atoms with van der Waals surface area (Å²) in [6.45, 7) is 0.310. The van der Waals surface area contributed by atoms with Gasteiger partial charge in [-0.25, -0.2) is 13.5 Å². The molecule has 0 saturated heterocycles. The van der Waals surface area contributed by atoms with Crippen LogP contribution in [0.2, 0.25) is 0 Å². The summed E-state index contributed by atoms with van der Waals surface area (Å²) in [5.74, 6) is -3.51. The van der Waals surface area contributed by atoms with Gasteiger partial charge < -0.3 is 10.3 Å². The molecule has 32 heavy (non-hydrogen) atoms. The zero-order valence-corrected chi connectivity index (χ0v) is 17.3. The molecule has 0 bridgehead atoms. The second kappa shape index (κ2) is 7.50. The molecule has 1 aromatic carbocycles. The molecule has 0 radical (unpaired) electrons. The molecule has 1 unspecified atom stereocenters. The van der Waals surface area contributed by atoms with Crippen LogP contribution in [0.3, 0.4) is 0 Å². The van der Waals surface area contributed by atoms with Crippen molar-refractivity contribution >= 4 is 17.6 Å². The first kappa shape index (κ1) is 20.3. The Morgan fingerprint density at radius 3 is 2.75 bits per heavy atom. The molecule has 166 valence electrons. The van der Waals surface area contributed by atoms with Gasteiger partial charge in [-0.2, -0.15) is 5.10 Å². The highest BCUT2D eigenvalue weighted by molar-refractivity contribution is 6.00. The zero-order chi connectivity index (χ0) is 22.5. The van der Waals surface area contributed by atoms with E-state index in [1.54, 1.807) is 11.7 Å². The molecule has 2 amide bonds. The number of hydrogen-bond donors (Lipinski definition) is 2. The lowest BCUT2D eigenvalue weighted by atomic mass is 10.1. The van der Waals surface area contributed by atoms with Gasteiger partial charge in [0.05, 0.1) is 11.6 Å². The molecule has 1 aliphatic heterocycles. The number of rotatable bonds is 5. The van der Waals surface area contributed by atoms with Gasteiger partial charge in [-0.1, -0.05) is 30.3 Å². The van der Waals surface area contributed by atoms with E-state index >= 15 is 0 Å². The highest BCUT2D eigenvalue weighted by Gasteiger charge is 2.59. The van der Waals surface area contributed by atoms with Crippen molar-refractivity contribution in [3.63, 3.8) is 0 Å². The van der Waals surface area contributed by atoms with Crippen LogP contribution in [-0.2, 0) is 17.8 Å². The van der Waals surface area contributed by atoms with E-state index in [9.17, 15) is 18.4 Å². The molecule has 2 aromatic heterocycles. The van der Waals surface area contributed by atoms with E-state index in [-0.39, 0.29) is 24.6 Å². The molecule has 2 atom stereocenters. The summed E-state index contributed by atoms with van der Waals surface area (Å²) >= 11 is 0. The number of hydrogen-bond acceptors (Lipinski definition) is 5. The van der Waals surface area contributed by atoms with Crippen LogP contribution in [0.25, 0.3) is 0 Å². The molecule has 1 fully saturated rings. The first-order valence-corrected chi connectivity index (χ1v) is 10.3. The van der Waals surface area contributed by atoms with Crippen molar-refractivity contribution in [1.29, 1.82) is 0 Å². The Labute approximate surface area is 181 Å². The third-order valence-corrected chi connectivity index (χ3v) is 5.83. The van der Waals surface area contributed by atoms with Gasteiger partial charge in [0.15, 0.2) is 0 Å². The number of aromatic amines is 1. The second-order valence-electron chi connectivity index (χ2n) is 8.16. The molecule has 3 aromatic rings. The molecular formula is C21H21F2N7O2. The third-order valence-electron chi connectivity index (χ3n) is 5.83. The van der Waals surface area contributed by atoms with Crippen LogP contribution in [-0.4, -0.2) is 55.8 Å². The first-order chi connectivity index (χ1) is 15.3. The minimum absolute atomic E-state index is 0.0200. The fourth-order valence-electron chi connectivity index (χ4n) is 3.92. The topological polar surface area (TPSA) is 109 Å². The van der Waals surface area contributed by atoms with Crippen LogP contribution in [0.1, 0.15) is 46.5 Å². The summed E-state index contributed by atoms with van der Waals surface area (Å²) < 4.78 is 28.3. The number of carbonyl (C=O) groups is 2. The summed E-state index contributed by atoms with van der Waals surface area (Å²) in [6, 6.07) is 10.4. The van der Waals surface area contributed by atoms with Gasteiger partial charge in [-0.15, -0.1) is 10.2 Å². The van der Waals surface area contributed by atoms with Crippen LogP contribution in [0.5, 0.6) is 0 Å². The number of likely N-dealkylation sites (N-methyl/N-ethyl adjacent to an activating group) is 1. The number of amides is 2. The standard InChI is InChI=1S/C21H21F2N7O2/c1-29-17-10-15(13-11-21(13,22)23)28-30(17)8-7-14(20(29)32)24-19(31)18-25-16(26-27-18)9-12-5-3-2-4-6-12/h2-6,10,13-14H,7-9,11H2,1H3,(H,24,31)(H,25,26,27)/t13?,14-/m1/s1. The molecule has 1 aliphatic carbocycles. The molecule has 1 saturated carbocycles. The average Bonchev–Trinajstić information content (AvgIpc) is 3.12. The van der Waals surface area contributed by atoms with Gasteiger partial charge >= 0.3 is 0 Å². The first-order valence-electron chi connectivity index (χ1n) is 10.3. The number of nitrogens with zero attached hydrogens (tertiary/aromatic N) is 5. The summed E-state index contributed by atoms with van der Waals surface area (Å²) in [5, 5.41) is 14.9. The Morgan fingerprint density at radius 2 is 2.03 bits per heavy atom. The van der Waals surface area contributed by atoms with Crippen LogP contribution < -0.4 is 10.2 Å². The fourth-order valence-corrected chi connectivity index (χ4v) is 3.92. The number of nitrogens with one attached hydrogen (secondary N) is 2.